The monoisotopic (exact) mass is 318 g/mol. The van der Waals surface area contributed by atoms with Crippen LogP contribution in [0, 0.1) is 0 Å². The summed E-state index contributed by atoms with van der Waals surface area (Å²) in [7, 11) is 1.75. The fourth-order valence-electron chi connectivity index (χ4n) is 2.66. The van der Waals surface area contributed by atoms with E-state index in [9.17, 15) is 9.90 Å². The highest BCUT2D eigenvalue weighted by Gasteiger charge is 2.26. The van der Waals surface area contributed by atoms with Crippen LogP contribution >= 0.6 is 0 Å². The molecule has 0 aromatic carbocycles. The molecule has 0 bridgehead atoms. The second kappa shape index (κ2) is 8.08. The third-order valence-electron chi connectivity index (χ3n) is 3.91. The van der Waals surface area contributed by atoms with Crippen molar-refractivity contribution < 1.29 is 9.90 Å². The lowest BCUT2D eigenvalue weighted by molar-refractivity contribution is 0.0666. The Kier molecular flexibility index (Phi) is 6.12. The second-order valence-electron chi connectivity index (χ2n) is 6.10. The highest BCUT2D eigenvalue weighted by molar-refractivity contribution is 5.98. The predicted molar refractivity (Wildman–Crippen MR) is 91.6 cm³/mol. The number of β-amino-alcohol motifs (C(OH)–C–C–N with tert-alkyl or cyclic N) is 1. The van der Waals surface area contributed by atoms with E-state index in [-0.39, 0.29) is 5.91 Å². The van der Waals surface area contributed by atoms with Gasteiger partial charge in [-0.1, -0.05) is 11.6 Å². The van der Waals surface area contributed by atoms with E-state index in [1.54, 1.807) is 30.3 Å². The van der Waals surface area contributed by atoms with Crippen LogP contribution in [0.3, 0.4) is 0 Å². The number of carbonyl (C=O) groups excluding carboxylic acids is 1. The summed E-state index contributed by atoms with van der Waals surface area (Å²) in [5.41, 5.74) is 1.80. The molecule has 0 saturated carbocycles. The summed E-state index contributed by atoms with van der Waals surface area (Å²) < 4.78 is 0. The Hall–Kier alpha value is -1.92. The number of anilines is 1. The van der Waals surface area contributed by atoms with Gasteiger partial charge in [0.05, 0.1) is 11.7 Å². The molecule has 1 aliphatic rings. The summed E-state index contributed by atoms with van der Waals surface area (Å²) in [4.78, 5) is 20.8. The van der Waals surface area contributed by atoms with Crippen LogP contribution in [-0.4, -0.2) is 71.7 Å². The van der Waals surface area contributed by atoms with Gasteiger partial charge in [0.15, 0.2) is 0 Å². The zero-order valence-electron chi connectivity index (χ0n) is 14.1. The summed E-state index contributed by atoms with van der Waals surface area (Å²) in [6.07, 6.45) is 3.26. The van der Waals surface area contributed by atoms with Crippen LogP contribution in [0.15, 0.2) is 30.0 Å². The number of nitrogens with zero attached hydrogens (tertiary/aromatic N) is 3. The first-order valence-electron chi connectivity index (χ1n) is 7.97. The summed E-state index contributed by atoms with van der Waals surface area (Å²) >= 11 is 0. The van der Waals surface area contributed by atoms with Gasteiger partial charge in [0.2, 0.25) is 0 Å². The Morgan fingerprint density at radius 3 is 2.91 bits per heavy atom. The zero-order valence-corrected chi connectivity index (χ0v) is 14.1. The fourth-order valence-corrected chi connectivity index (χ4v) is 2.66. The van der Waals surface area contributed by atoms with E-state index in [0.717, 1.165) is 13.1 Å². The molecule has 1 aromatic heterocycles. The average Bonchev–Trinajstić information content (AvgIpc) is 2.73. The van der Waals surface area contributed by atoms with E-state index >= 15 is 0 Å². The van der Waals surface area contributed by atoms with Crippen molar-refractivity contribution in [3.05, 3.63) is 35.5 Å². The van der Waals surface area contributed by atoms with Gasteiger partial charge in [-0.2, -0.15) is 0 Å². The molecule has 1 atom stereocenters. The maximum absolute atomic E-state index is 12.8. The van der Waals surface area contributed by atoms with Crippen molar-refractivity contribution in [1.82, 2.24) is 14.8 Å². The van der Waals surface area contributed by atoms with E-state index in [2.05, 4.69) is 35.1 Å². The molecule has 0 unspecified atom stereocenters. The summed E-state index contributed by atoms with van der Waals surface area (Å²) in [6, 6.07) is 3.52. The topological polar surface area (TPSA) is 68.7 Å². The molecule has 0 radical (unpaired) electrons. The van der Waals surface area contributed by atoms with E-state index < -0.39 is 6.10 Å². The average molecular weight is 318 g/mol. The Morgan fingerprint density at radius 2 is 2.22 bits per heavy atom. The molecule has 2 rings (SSSR count). The number of aromatic nitrogens is 1. The van der Waals surface area contributed by atoms with Gasteiger partial charge in [-0.3, -0.25) is 9.69 Å². The normalized spacial score (nSPS) is 19.1. The molecule has 1 saturated heterocycles. The van der Waals surface area contributed by atoms with Crippen LogP contribution in [0.4, 0.5) is 5.82 Å². The molecule has 1 aliphatic heterocycles. The van der Waals surface area contributed by atoms with Gasteiger partial charge in [0.25, 0.3) is 5.91 Å². The van der Waals surface area contributed by atoms with Gasteiger partial charge in [-0.15, -0.1) is 0 Å². The van der Waals surface area contributed by atoms with E-state index in [0.29, 0.717) is 31.0 Å². The van der Waals surface area contributed by atoms with Crippen molar-refractivity contribution in [3.63, 3.8) is 0 Å². The predicted octanol–water partition coefficient (Wildman–Crippen LogP) is 1.21. The second-order valence-corrected chi connectivity index (χ2v) is 6.10. The van der Waals surface area contributed by atoms with Crippen LogP contribution in [-0.2, 0) is 0 Å². The van der Waals surface area contributed by atoms with Gasteiger partial charge in [-0.05, 0) is 26.0 Å². The fraction of sp³-hybridized carbons (Fsp3) is 0.529. The third kappa shape index (κ3) is 4.77. The van der Waals surface area contributed by atoms with Crippen LogP contribution in [0.25, 0.3) is 0 Å². The molecule has 2 heterocycles. The molecule has 1 amide bonds. The molecule has 0 aliphatic carbocycles. The van der Waals surface area contributed by atoms with Gasteiger partial charge in [0.1, 0.15) is 5.82 Å². The molecular weight excluding hydrogens is 292 g/mol. The summed E-state index contributed by atoms with van der Waals surface area (Å²) in [6.45, 7) is 7.21. The van der Waals surface area contributed by atoms with E-state index in [1.165, 1.54) is 5.57 Å². The van der Waals surface area contributed by atoms with Crippen molar-refractivity contribution in [2.24, 2.45) is 0 Å². The molecule has 126 valence electrons. The molecule has 0 spiro atoms. The van der Waals surface area contributed by atoms with Gasteiger partial charge in [0, 0.05) is 46.0 Å². The van der Waals surface area contributed by atoms with Crippen LogP contribution < -0.4 is 5.32 Å². The SMILES string of the molecule is CNc1ncccc1C(=O)N1CCN(CC=C(C)C)C[C@H](O)C1. The zero-order chi connectivity index (χ0) is 16.8. The number of carbonyl (C=O) groups is 1. The minimum absolute atomic E-state index is 0.0921. The Balaban J connectivity index is 2.08. The van der Waals surface area contributed by atoms with Crippen LogP contribution in [0.2, 0.25) is 0 Å². The van der Waals surface area contributed by atoms with Crippen molar-refractivity contribution in [1.29, 1.82) is 0 Å². The lowest BCUT2D eigenvalue weighted by atomic mass is 10.2. The Bertz CT molecular complexity index is 569. The van der Waals surface area contributed by atoms with E-state index in [1.807, 2.05) is 0 Å². The van der Waals surface area contributed by atoms with Crippen LogP contribution in [0.5, 0.6) is 0 Å². The lowest BCUT2D eigenvalue weighted by Crippen LogP contribution is -2.38. The summed E-state index contributed by atoms with van der Waals surface area (Å²) in [5, 5.41) is 13.2. The van der Waals surface area contributed by atoms with Crippen molar-refractivity contribution in [3.8, 4) is 0 Å². The van der Waals surface area contributed by atoms with E-state index in [4.69, 9.17) is 0 Å². The molecule has 2 N–H and O–H groups in total. The molecular formula is C17H26N4O2. The quantitative estimate of drug-likeness (QED) is 0.817. The number of nitrogens with one attached hydrogen (secondary N) is 1. The largest absolute Gasteiger partial charge is 0.390 e. The number of aliphatic hydroxyl groups is 1. The number of aliphatic hydroxyl groups excluding tert-OH is 1. The first-order chi connectivity index (χ1) is 11.0. The minimum atomic E-state index is -0.540. The number of allylic oxidation sites excluding steroid dienone is 1. The van der Waals surface area contributed by atoms with Crippen molar-refractivity contribution in [2.45, 2.75) is 20.0 Å². The Labute approximate surface area is 137 Å². The minimum Gasteiger partial charge on any atom is -0.390 e. The van der Waals surface area contributed by atoms with Crippen molar-refractivity contribution in [2.75, 3.05) is 45.1 Å². The Morgan fingerprint density at radius 1 is 1.43 bits per heavy atom. The number of rotatable bonds is 4. The highest BCUT2D eigenvalue weighted by atomic mass is 16.3. The number of pyridine rings is 1. The highest BCUT2D eigenvalue weighted by Crippen LogP contribution is 2.15. The van der Waals surface area contributed by atoms with Crippen LogP contribution in [0.1, 0.15) is 24.2 Å². The molecule has 6 heteroatoms. The lowest BCUT2D eigenvalue weighted by Gasteiger charge is -2.22. The number of amides is 1. The summed E-state index contributed by atoms with van der Waals surface area (Å²) in [5.74, 6) is 0.475. The third-order valence-corrected chi connectivity index (χ3v) is 3.91. The first-order valence-corrected chi connectivity index (χ1v) is 7.97. The number of hydrogen-bond acceptors (Lipinski definition) is 5. The maximum atomic E-state index is 12.8. The number of hydrogen-bond donors (Lipinski definition) is 2. The van der Waals surface area contributed by atoms with Crippen molar-refractivity contribution >= 4 is 11.7 Å². The standard InChI is InChI=1S/C17H26N4O2/c1-13(2)6-8-20-9-10-21(12-14(22)11-20)17(23)15-5-4-7-19-16(15)18-3/h4-7,14,22H,8-12H2,1-3H3,(H,18,19)/t14-/m0/s1. The first kappa shape index (κ1) is 17.4. The molecule has 1 fully saturated rings. The smallest absolute Gasteiger partial charge is 0.257 e. The van der Waals surface area contributed by atoms with Gasteiger partial charge >= 0.3 is 0 Å². The molecule has 6 nitrogen and oxygen atoms in total. The molecule has 1 aromatic rings. The van der Waals surface area contributed by atoms with Gasteiger partial charge < -0.3 is 15.3 Å². The van der Waals surface area contributed by atoms with Gasteiger partial charge in [-0.25, -0.2) is 4.98 Å². The molecule has 23 heavy (non-hydrogen) atoms. The maximum Gasteiger partial charge on any atom is 0.257 e.